The molecule has 3 aromatic carbocycles. The smallest absolute Gasteiger partial charge is 0.378 e. The number of nitrogens with one attached hydrogen (secondary N) is 1. The summed E-state index contributed by atoms with van der Waals surface area (Å²) < 4.78 is 44.6. The van der Waals surface area contributed by atoms with Crippen LogP contribution in [0.2, 0.25) is 0 Å². The number of ether oxygens (including phenoxy) is 1. The van der Waals surface area contributed by atoms with Crippen LogP contribution in [0.15, 0.2) is 84.9 Å². The summed E-state index contributed by atoms with van der Waals surface area (Å²) in [5, 5.41) is 3.05. The van der Waals surface area contributed by atoms with E-state index in [1.807, 2.05) is 61.6 Å². The standard InChI is InChI=1S/C34H39F3N4O3/c1-38-18-19-39(2)33(43)31(24-27-6-4-3-5-7-27)41(25-28-10-15-30(16-11-28)40-20-22-44-23-21-40)32(42)17-12-26-8-13-29(14-9-26)34(35,36)37/h3-17,31,38H,18-25H2,1-2H3. The average molecular weight is 609 g/mol. The van der Waals surface area contributed by atoms with Gasteiger partial charge in [0, 0.05) is 58.0 Å². The number of benzene rings is 3. The average Bonchev–Trinajstić information content (AvgIpc) is 3.04. The zero-order chi connectivity index (χ0) is 31.5. The fourth-order valence-corrected chi connectivity index (χ4v) is 5.03. The molecule has 0 aromatic heterocycles. The molecule has 1 fully saturated rings. The van der Waals surface area contributed by atoms with Crippen molar-refractivity contribution in [1.29, 1.82) is 0 Å². The summed E-state index contributed by atoms with van der Waals surface area (Å²) >= 11 is 0. The first-order valence-corrected chi connectivity index (χ1v) is 14.7. The van der Waals surface area contributed by atoms with E-state index in [1.54, 1.807) is 16.8 Å². The fourth-order valence-electron chi connectivity index (χ4n) is 5.03. The number of halogens is 3. The maximum Gasteiger partial charge on any atom is 0.416 e. The molecule has 2 amide bonds. The molecule has 0 spiro atoms. The number of morpholine rings is 1. The molecule has 3 aromatic rings. The first-order chi connectivity index (χ1) is 21.2. The Bertz CT molecular complexity index is 1370. The minimum atomic E-state index is -4.45. The predicted octanol–water partition coefficient (Wildman–Crippen LogP) is 4.87. The number of alkyl halides is 3. The number of rotatable bonds is 12. The first-order valence-electron chi connectivity index (χ1n) is 14.7. The molecule has 0 radical (unpaired) electrons. The highest BCUT2D eigenvalue weighted by Gasteiger charge is 2.32. The van der Waals surface area contributed by atoms with Gasteiger partial charge in [-0.15, -0.1) is 0 Å². The number of anilines is 1. The van der Waals surface area contributed by atoms with Gasteiger partial charge in [0.05, 0.1) is 18.8 Å². The van der Waals surface area contributed by atoms with Crippen LogP contribution >= 0.6 is 0 Å². The second kappa shape index (κ2) is 15.5. The van der Waals surface area contributed by atoms with Gasteiger partial charge in [-0.1, -0.05) is 54.6 Å². The summed E-state index contributed by atoms with van der Waals surface area (Å²) in [4.78, 5) is 33.2. The lowest BCUT2D eigenvalue weighted by Crippen LogP contribution is -2.51. The van der Waals surface area contributed by atoms with Gasteiger partial charge in [-0.05, 0) is 54.1 Å². The van der Waals surface area contributed by atoms with Gasteiger partial charge >= 0.3 is 6.18 Å². The van der Waals surface area contributed by atoms with Crippen molar-refractivity contribution >= 4 is 23.6 Å². The molecule has 1 heterocycles. The Balaban J connectivity index is 1.65. The van der Waals surface area contributed by atoms with Crippen LogP contribution in [0.5, 0.6) is 0 Å². The third kappa shape index (κ3) is 9.17. The molecule has 1 N–H and O–H groups in total. The Kier molecular flexibility index (Phi) is 11.6. The minimum Gasteiger partial charge on any atom is -0.378 e. The van der Waals surface area contributed by atoms with Crippen molar-refractivity contribution in [3.8, 4) is 0 Å². The van der Waals surface area contributed by atoms with Gasteiger partial charge in [-0.3, -0.25) is 9.59 Å². The quantitative estimate of drug-likeness (QED) is 0.297. The van der Waals surface area contributed by atoms with E-state index < -0.39 is 23.7 Å². The monoisotopic (exact) mass is 608 g/mol. The second-order valence-corrected chi connectivity index (χ2v) is 10.8. The molecule has 0 bridgehead atoms. The van der Waals surface area contributed by atoms with E-state index in [9.17, 15) is 22.8 Å². The zero-order valence-electron chi connectivity index (χ0n) is 25.1. The van der Waals surface area contributed by atoms with E-state index in [1.165, 1.54) is 24.3 Å². The van der Waals surface area contributed by atoms with Gasteiger partial charge < -0.3 is 24.8 Å². The minimum absolute atomic E-state index is 0.169. The van der Waals surface area contributed by atoms with Gasteiger partial charge in [0.25, 0.3) is 0 Å². The molecule has 1 unspecified atom stereocenters. The molecule has 1 atom stereocenters. The lowest BCUT2D eigenvalue weighted by molar-refractivity contribution is -0.143. The van der Waals surface area contributed by atoms with Crippen LogP contribution in [-0.4, -0.2) is 81.1 Å². The predicted molar refractivity (Wildman–Crippen MR) is 166 cm³/mol. The van der Waals surface area contributed by atoms with Gasteiger partial charge in [0.1, 0.15) is 6.04 Å². The topological polar surface area (TPSA) is 65.1 Å². The van der Waals surface area contributed by atoms with Crippen molar-refractivity contribution in [2.45, 2.75) is 25.2 Å². The van der Waals surface area contributed by atoms with E-state index in [-0.39, 0.29) is 12.5 Å². The van der Waals surface area contributed by atoms with Crippen LogP contribution in [0.3, 0.4) is 0 Å². The van der Waals surface area contributed by atoms with Crippen LogP contribution in [0.1, 0.15) is 22.3 Å². The van der Waals surface area contributed by atoms with Gasteiger partial charge in [0.2, 0.25) is 11.8 Å². The summed E-state index contributed by atoms with van der Waals surface area (Å²) in [6.45, 7) is 4.14. The number of amides is 2. The number of nitrogens with zero attached hydrogens (tertiary/aromatic N) is 3. The van der Waals surface area contributed by atoms with Gasteiger partial charge in [-0.25, -0.2) is 0 Å². The molecule has 7 nitrogen and oxygen atoms in total. The first kappa shape index (κ1) is 32.8. The molecule has 0 saturated carbocycles. The van der Waals surface area contributed by atoms with Crippen LogP contribution in [0.4, 0.5) is 18.9 Å². The third-order valence-corrected chi connectivity index (χ3v) is 7.61. The van der Waals surface area contributed by atoms with Crippen LogP contribution in [-0.2, 0) is 33.5 Å². The largest absolute Gasteiger partial charge is 0.416 e. The van der Waals surface area contributed by atoms with Crippen LogP contribution in [0.25, 0.3) is 6.08 Å². The Morgan fingerprint density at radius 3 is 2.23 bits per heavy atom. The van der Waals surface area contributed by atoms with Crippen LogP contribution in [0, 0.1) is 0 Å². The van der Waals surface area contributed by atoms with E-state index in [0.29, 0.717) is 38.3 Å². The highest BCUT2D eigenvalue weighted by molar-refractivity contribution is 5.95. The zero-order valence-corrected chi connectivity index (χ0v) is 25.1. The Morgan fingerprint density at radius 1 is 0.955 bits per heavy atom. The summed E-state index contributed by atoms with van der Waals surface area (Å²) in [5.41, 5.74) is 2.49. The molecule has 1 aliphatic heterocycles. The summed E-state index contributed by atoms with van der Waals surface area (Å²) in [6.07, 6.45) is -1.35. The summed E-state index contributed by atoms with van der Waals surface area (Å²) in [6, 6.07) is 21.2. The molecule has 1 saturated heterocycles. The third-order valence-electron chi connectivity index (χ3n) is 7.61. The molecular weight excluding hydrogens is 569 g/mol. The highest BCUT2D eigenvalue weighted by Crippen LogP contribution is 2.29. The van der Waals surface area contributed by atoms with E-state index in [0.717, 1.165) is 42.0 Å². The summed E-state index contributed by atoms with van der Waals surface area (Å²) in [5.74, 6) is -0.622. The normalized spacial score (nSPS) is 14.4. The number of carbonyl (C=O) groups is 2. The number of carbonyl (C=O) groups excluding carboxylic acids is 2. The molecule has 1 aliphatic rings. The molecule has 10 heteroatoms. The molecule has 4 rings (SSSR count). The van der Waals surface area contributed by atoms with Gasteiger partial charge in [-0.2, -0.15) is 13.2 Å². The van der Waals surface area contributed by atoms with Crippen molar-refractivity contribution in [2.24, 2.45) is 0 Å². The Labute approximate surface area is 256 Å². The number of hydrogen-bond donors (Lipinski definition) is 1. The SMILES string of the molecule is CNCCN(C)C(=O)C(Cc1ccccc1)N(Cc1ccc(N2CCOCC2)cc1)C(=O)C=Cc1ccc(C(F)(F)F)cc1. The number of hydrogen-bond acceptors (Lipinski definition) is 5. The highest BCUT2D eigenvalue weighted by atomic mass is 19.4. The lowest BCUT2D eigenvalue weighted by Gasteiger charge is -2.34. The molecule has 0 aliphatic carbocycles. The molecule has 44 heavy (non-hydrogen) atoms. The van der Waals surface area contributed by atoms with Crippen molar-refractivity contribution in [1.82, 2.24) is 15.1 Å². The molecule has 234 valence electrons. The van der Waals surface area contributed by atoms with Crippen LogP contribution < -0.4 is 10.2 Å². The van der Waals surface area contributed by atoms with Crippen molar-refractivity contribution in [2.75, 3.05) is 58.4 Å². The summed E-state index contributed by atoms with van der Waals surface area (Å²) in [7, 11) is 3.53. The van der Waals surface area contributed by atoms with E-state index >= 15 is 0 Å². The Morgan fingerprint density at radius 2 is 1.61 bits per heavy atom. The fraction of sp³-hybridized carbons (Fsp3) is 0.353. The van der Waals surface area contributed by atoms with Crippen molar-refractivity contribution in [3.05, 3.63) is 107 Å². The second-order valence-electron chi connectivity index (χ2n) is 10.8. The lowest BCUT2D eigenvalue weighted by atomic mass is 10.0. The van der Waals surface area contributed by atoms with Gasteiger partial charge in [0.15, 0.2) is 0 Å². The van der Waals surface area contributed by atoms with E-state index in [4.69, 9.17) is 4.74 Å². The van der Waals surface area contributed by atoms with Crippen molar-refractivity contribution in [3.63, 3.8) is 0 Å². The Hall–Kier alpha value is -4.15. The number of likely N-dealkylation sites (N-methyl/N-ethyl adjacent to an activating group) is 2. The van der Waals surface area contributed by atoms with Crippen molar-refractivity contribution < 1.29 is 27.5 Å². The molecular formula is C34H39F3N4O3. The maximum absolute atomic E-state index is 13.9. The van der Waals surface area contributed by atoms with E-state index in [2.05, 4.69) is 10.2 Å². The maximum atomic E-state index is 13.9.